The van der Waals surface area contributed by atoms with Gasteiger partial charge in [0.1, 0.15) is 18.4 Å². The fourth-order valence-electron chi connectivity index (χ4n) is 2.22. The standard InChI is InChI=1S/C15H19F3N2O3.ClH/c1-10-13(19-6-8-22-10)14(21)20-7-9-23-12-4-2-11(3-5-12)15(16,17)18;/h2-5,10,13,19H,6-9H2,1H3,(H,20,21);1H/t10-,13+;/m1./s1. The third-order valence-corrected chi connectivity index (χ3v) is 3.45. The van der Waals surface area contributed by atoms with Crippen molar-refractivity contribution >= 4 is 18.3 Å². The Bertz CT molecular complexity index is 526. The molecule has 1 aromatic carbocycles. The van der Waals surface area contributed by atoms with Gasteiger partial charge in [-0.3, -0.25) is 4.79 Å². The highest BCUT2D eigenvalue weighted by atomic mass is 35.5. The zero-order chi connectivity index (χ0) is 16.9. The summed E-state index contributed by atoms with van der Waals surface area (Å²) in [6.45, 7) is 3.42. The average molecular weight is 369 g/mol. The summed E-state index contributed by atoms with van der Waals surface area (Å²) in [7, 11) is 0. The monoisotopic (exact) mass is 368 g/mol. The van der Waals surface area contributed by atoms with Crippen molar-refractivity contribution in [3.8, 4) is 5.75 Å². The third kappa shape index (κ3) is 5.85. The first kappa shape index (κ1) is 20.5. The van der Waals surface area contributed by atoms with E-state index in [0.717, 1.165) is 12.1 Å². The Kier molecular flexibility index (Phi) is 7.78. The first-order chi connectivity index (χ1) is 10.9. The summed E-state index contributed by atoms with van der Waals surface area (Å²) in [5.74, 6) is 0.132. The Morgan fingerprint density at radius 2 is 2.04 bits per heavy atom. The van der Waals surface area contributed by atoms with Crippen molar-refractivity contribution in [2.75, 3.05) is 26.3 Å². The van der Waals surface area contributed by atoms with Crippen molar-refractivity contribution in [1.82, 2.24) is 10.6 Å². The van der Waals surface area contributed by atoms with E-state index in [2.05, 4.69) is 10.6 Å². The molecule has 0 radical (unpaired) electrons. The van der Waals surface area contributed by atoms with Gasteiger partial charge in [-0.15, -0.1) is 12.4 Å². The summed E-state index contributed by atoms with van der Waals surface area (Å²) >= 11 is 0. The minimum absolute atomic E-state index is 0. The SMILES string of the molecule is C[C@H]1OCCN[C@@H]1C(=O)NCCOc1ccc(C(F)(F)F)cc1.Cl. The van der Waals surface area contributed by atoms with Crippen molar-refractivity contribution in [1.29, 1.82) is 0 Å². The summed E-state index contributed by atoms with van der Waals surface area (Å²) in [5.41, 5.74) is -0.726. The van der Waals surface area contributed by atoms with Crippen molar-refractivity contribution < 1.29 is 27.4 Å². The van der Waals surface area contributed by atoms with Gasteiger partial charge in [0.2, 0.25) is 5.91 Å². The number of ether oxygens (including phenoxy) is 2. The molecule has 1 aliphatic rings. The van der Waals surface area contributed by atoms with Crippen LogP contribution in [0.4, 0.5) is 13.2 Å². The number of amides is 1. The van der Waals surface area contributed by atoms with Crippen LogP contribution in [-0.4, -0.2) is 44.4 Å². The van der Waals surface area contributed by atoms with Crippen LogP contribution in [0.25, 0.3) is 0 Å². The van der Waals surface area contributed by atoms with Crippen LogP contribution in [0, 0.1) is 0 Å². The summed E-state index contributed by atoms with van der Waals surface area (Å²) in [6.07, 6.45) is -4.57. The van der Waals surface area contributed by atoms with E-state index in [4.69, 9.17) is 9.47 Å². The minimum atomic E-state index is -4.36. The second-order valence-corrected chi connectivity index (χ2v) is 5.17. The molecule has 0 aliphatic carbocycles. The van der Waals surface area contributed by atoms with E-state index in [0.29, 0.717) is 18.9 Å². The van der Waals surface area contributed by atoms with E-state index in [1.807, 2.05) is 6.92 Å². The molecule has 0 saturated carbocycles. The lowest BCUT2D eigenvalue weighted by Gasteiger charge is -2.29. The lowest BCUT2D eigenvalue weighted by Crippen LogP contribution is -2.55. The molecule has 24 heavy (non-hydrogen) atoms. The second kappa shape index (κ2) is 9.10. The molecular formula is C15H20ClF3N2O3. The molecule has 1 fully saturated rings. The van der Waals surface area contributed by atoms with E-state index < -0.39 is 17.8 Å². The molecule has 136 valence electrons. The maximum Gasteiger partial charge on any atom is 0.416 e. The summed E-state index contributed by atoms with van der Waals surface area (Å²) in [6, 6.07) is 4.01. The maximum atomic E-state index is 12.4. The van der Waals surface area contributed by atoms with Crippen LogP contribution in [0.5, 0.6) is 5.75 Å². The van der Waals surface area contributed by atoms with Gasteiger partial charge in [-0.25, -0.2) is 0 Å². The van der Waals surface area contributed by atoms with Crippen LogP contribution < -0.4 is 15.4 Å². The van der Waals surface area contributed by atoms with Crippen LogP contribution in [0.3, 0.4) is 0 Å². The minimum Gasteiger partial charge on any atom is -0.492 e. The van der Waals surface area contributed by atoms with Crippen LogP contribution in [-0.2, 0) is 15.7 Å². The van der Waals surface area contributed by atoms with Crippen LogP contribution in [0.15, 0.2) is 24.3 Å². The van der Waals surface area contributed by atoms with Gasteiger partial charge in [-0.05, 0) is 31.2 Å². The molecule has 9 heteroatoms. The third-order valence-electron chi connectivity index (χ3n) is 3.45. The van der Waals surface area contributed by atoms with E-state index in [1.54, 1.807) is 0 Å². The fourth-order valence-corrected chi connectivity index (χ4v) is 2.22. The molecule has 2 rings (SSSR count). The first-order valence-corrected chi connectivity index (χ1v) is 7.30. The van der Waals surface area contributed by atoms with Crippen LogP contribution in [0.1, 0.15) is 12.5 Å². The van der Waals surface area contributed by atoms with Crippen molar-refractivity contribution in [2.24, 2.45) is 0 Å². The Morgan fingerprint density at radius 1 is 1.38 bits per heavy atom. The number of rotatable bonds is 5. The molecule has 1 amide bonds. The zero-order valence-electron chi connectivity index (χ0n) is 13.1. The molecule has 0 bridgehead atoms. The number of morpholine rings is 1. The van der Waals surface area contributed by atoms with E-state index in [9.17, 15) is 18.0 Å². The van der Waals surface area contributed by atoms with Gasteiger partial charge in [-0.1, -0.05) is 0 Å². The Balaban J connectivity index is 0.00000288. The number of halogens is 4. The number of hydrogen-bond donors (Lipinski definition) is 2. The maximum absolute atomic E-state index is 12.4. The smallest absolute Gasteiger partial charge is 0.416 e. The second-order valence-electron chi connectivity index (χ2n) is 5.17. The Morgan fingerprint density at radius 3 is 2.62 bits per heavy atom. The Labute approximate surface area is 144 Å². The highest BCUT2D eigenvalue weighted by Crippen LogP contribution is 2.30. The number of nitrogens with one attached hydrogen (secondary N) is 2. The van der Waals surface area contributed by atoms with Gasteiger partial charge in [0.25, 0.3) is 0 Å². The summed E-state index contributed by atoms with van der Waals surface area (Å²) in [4.78, 5) is 11.9. The van der Waals surface area contributed by atoms with Crippen LogP contribution in [0.2, 0.25) is 0 Å². The number of benzene rings is 1. The molecule has 1 heterocycles. The lowest BCUT2D eigenvalue weighted by atomic mass is 10.1. The zero-order valence-corrected chi connectivity index (χ0v) is 13.9. The Hall–Kier alpha value is -1.51. The highest BCUT2D eigenvalue weighted by molar-refractivity contribution is 5.85. The fraction of sp³-hybridized carbons (Fsp3) is 0.533. The average Bonchev–Trinajstić information content (AvgIpc) is 2.51. The van der Waals surface area contributed by atoms with E-state index in [-0.39, 0.29) is 37.6 Å². The predicted octanol–water partition coefficient (Wildman–Crippen LogP) is 2.00. The van der Waals surface area contributed by atoms with Crippen molar-refractivity contribution in [2.45, 2.75) is 25.2 Å². The molecule has 1 aromatic rings. The molecule has 2 atom stereocenters. The van der Waals surface area contributed by atoms with Gasteiger partial charge in [0, 0.05) is 6.54 Å². The number of carbonyl (C=O) groups excluding carboxylic acids is 1. The highest BCUT2D eigenvalue weighted by Gasteiger charge is 2.30. The molecular weight excluding hydrogens is 349 g/mol. The number of carbonyl (C=O) groups is 1. The molecule has 5 nitrogen and oxygen atoms in total. The van der Waals surface area contributed by atoms with Gasteiger partial charge >= 0.3 is 6.18 Å². The first-order valence-electron chi connectivity index (χ1n) is 7.30. The van der Waals surface area contributed by atoms with Crippen LogP contribution >= 0.6 is 12.4 Å². The van der Waals surface area contributed by atoms with Gasteiger partial charge in [0.15, 0.2) is 0 Å². The number of alkyl halides is 3. The topological polar surface area (TPSA) is 59.6 Å². The van der Waals surface area contributed by atoms with Crippen molar-refractivity contribution in [3.63, 3.8) is 0 Å². The van der Waals surface area contributed by atoms with Gasteiger partial charge < -0.3 is 20.1 Å². The lowest BCUT2D eigenvalue weighted by molar-refractivity contribution is -0.137. The molecule has 0 unspecified atom stereocenters. The quantitative estimate of drug-likeness (QED) is 0.780. The summed E-state index contributed by atoms with van der Waals surface area (Å²) < 4.78 is 47.9. The molecule has 0 spiro atoms. The van der Waals surface area contributed by atoms with Gasteiger partial charge in [-0.2, -0.15) is 13.2 Å². The summed E-state index contributed by atoms with van der Waals surface area (Å²) in [5, 5.41) is 5.77. The normalized spacial score (nSPS) is 20.8. The molecule has 1 saturated heterocycles. The largest absolute Gasteiger partial charge is 0.492 e. The molecule has 2 N–H and O–H groups in total. The number of hydrogen-bond acceptors (Lipinski definition) is 4. The van der Waals surface area contributed by atoms with E-state index >= 15 is 0 Å². The molecule has 0 aromatic heterocycles. The molecule has 1 aliphatic heterocycles. The van der Waals surface area contributed by atoms with E-state index in [1.165, 1.54) is 12.1 Å². The predicted molar refractivity (Wildman–Crippen MR) is 84.4 cm³/mol. The van der Waals surface area contributed by atoms with Crippen molar-refractivity contribution in [3.05, 3.63) is 29.8 Å². The van der Waals surface area contributed by atoms with Gasteiger partial charge in [0.05, 0.1) is 24.8 Å².